The molecule has 0 saturated heterocycles. The second-order valence-corrected chi connectivity index (χ2v) is 6.39. The zero-order valence-electron chi connectivity index (χ0n) is 10.3. The molecule has 0 aliphatic heterocycles. The first-order chi connectivity index (χ1) is 7.05. The van der Waals surface area contributed by atoms with E-state index >= 15 is 0 Å². The Kier molecular flexibility index (Phi) is 3.36. The van der Waals surface area contributed by atoms with Crippen LogP contribution in [0.3, 0.4) is 0 Å². The van der Waals surface area contributed by atoms with Crippen LogP contribution in [-0.4, -0.2) is 18.1 Å². The van der Waals surface area contributed by atoms with Gasteiger partial charge in [-0.3, -0.25) is 0 Å². The maximum atomic E-state index is 6.01. The lowest BCUT2D eigenvalue weighted by Gasteiger charge is -2.30. The van der Waals surface area contributed by atoms with Crippen LogP contribution in [0.4, 0.5) is 0 Å². The van der Waals surface area contributed by atoms with E-state index in [1.54, 1.807) is 0 Å². The zero-order chi connectivity index (χ0) is 10.9. The SMILES string of the molecule is CC1(C)CCC(NC2CCCC(N)C2)C1. The molecule has 2 heteroatoms. The Balaban J connectivity index is 1.77. The van der Waals surface area contributed by atoms with Crippen LogP contribution < -0.4 is 11.1 Å². The average molecular weight is 210 g/mol. The quantitative estimate of drug-likeness (QED) is 0.734. The Morgan fingerprint density at radius 3 is 2.53 bits per heavy atom. The van der Waals surface area contributed by atoms with Gasteiger partial charge in [-0.15, -0.1) is 0 Å². The van der Waals surface area contributed by atoms with Gasteiger partial charge < -0.3 is 11.1 Å². The summed E-state index contributed by atoms with van der Waals surface area (Å²) in [5.74, 6) is 0. The minimum atomic E-state index is 0.450. The molecule has 0 spiro atoms. The van der Waals surface area contributed by atoms with Crippen LogP contribution in [0.15, 0.2) is 0 Å². The summed E-state index contributed by atoms with van der Waals surface area (Å²) in [7, 11) is 0. The summed E-state index contributed by atoms with van der Waals surface area (Å²) in [4.78, 5) is 0. The van der Waals surface area contributed by atoms with Gasteiger partial charge in [0.1, 0.15) is 0 Å². The van der Waals surface area contributed by atoms with Crippen molar-refractivity contribution in [1.82, 2.24) is 5.32 Å². The summed E-state index contributed by atoms with van der Waals surface area (Å²) in [6, 6.07) is 1.91. The van der Waals surface area contributed by atoms with Crippen LogP contribution in [0.2, 0.25) is 0 Å². The third-order valence-electron chi connectivity index (χ3n) is 4.15. The molecule has 0 radical (unpaired) electrons. The lowest BCUT2D eigenvalue weighted by molar-refractivity contribution is 0.297. The highest BCUT2D eigenvalue weighted by Crippen LogP contribution is 2.37. The fraction of sp³-hybridized carbons (Fsp3) is 1.00. The fourth-order valence-electron chi connectivity index (χ4n) is 3.29. The van der Waals surface area contributed by atoms with E-state index in [4.69, 9.17) is 5.73 Å². The Morgan fingerprint density at radius 2 is 1.93 bits per heavy atom. The average Bonchev–Trinajstić information content (AvgIpc) is 2.45. The molecule has 3 unspecified atom stereocenters. The van der Waals surface area contributed by atoms with E-state index in [0.717, 1.165) is 6.04 Å². The molecule has 0 aromatic carbocycles. The number of rotatable bonds is 2. The maximum Gasteiger partial charge on any atom is 0.00843 e. The number of hydrogen-bond acceptors (Lipinski definition) is 2. The van der Waals surface area contributed by atoms with E-state index in [-0.39, 0.29) is 0 Å². The molecule has 88 valence electrons. The van der Waals surface area contributed by atoms with E-state index < -0.39 is 0 Å². The van der Waals surface area contributed by atoms with Crippen molar-refractivity contribution in [1.29, 1.82) is 0 Å². The third-order valence-corrected chi connectivity index (χ3v) is 4.15. The molecule has 0 bridgehead atoms. The highest BCUT2D eigenvalue weighted by atomic mass is 15.0. The molecule has 2 saturated carbocycles. The van der Waals surface area contributed by atoms with Gasteiger partial charge in [0.2, 0.25) is 0 Å². The van der Waals surface area contributed by atoms with Crippen LogP contribution in [-0.2, 0) is 0 Å². The minimum absolute atomic E-state index is 0.450. The highest BCUT2D eigenvalue weighted by Gasteiger charge is 2.32. The molecule has 2 fully saturated rings. The normalized spacial score (nSPS) is 40.6. The first kappa shape index (κ1) is 11.4. The summed E-state index contributed by atoms with van der Waals surface area (Å²) in [5, 5.41) is 3.82. The largest absolute Gasteiger partial charge is 0.328 e. The zero-order valence-corrected chi connectivity index (χ0v) is 10.3. The van der Waals surface area contributed by atoms with Gasteiger partial charge in [-0.1, -0.05) is 20.3 Å². The lowest BCUT2D eigenvalue weighted by Crippen LogP contribution is -2.43. The van der Waals surface area contributed by atoms with E-state index in [0.29, 0.717) is 17.5 Å². The van der Waals surface area contributed by atoms with Gasteiger partial charge in [-0.05, 0) is 43.9 Å². The number of hydrogen-bond donors (Lipinski definition) is 2. The lowest BCUT2D eigenvalue weighted by atomic mass is 9.90. The molecule has 0 aromatic rings. The predicted octanol–water partition coefficient (Wildman–Crippen LogP) is 2.42. The maximum absolute atomic E-state index is 6.01. The van der Waals surface area contributed by atoms with Crippen molar-refractivity contribution in [3.05, 3.63) is 0 Å². The topological polar surface area (TPSA) is 38.0 Å². The summed E-state index contributed by atoms with van der Waals surface area (Å²) in [6.45, 7) is 4.78. The standard InChI is InChI=1S/C13H26N2/c1-13(2)7-6-12(9-13)15-11-5-3-4-10(14)8-11/h10-12,15H,3-9,14H2,1-2H3. The van der Waals surface area contributed by atoms with Crippen LogP contribution in [0, 0.1) is 5.41 Å². The van der Waals surface area contributed by atoms with Gasteiger partial charge in [0.05, 0.1) is 0 Å². The van der Waals surface area contributed by atoms with Gasteiger partial charge in [0, 0.05) is 18.1 Å². The smallest absolute Gasteiger partial charge is 0.00843 e. The fourth-order valence-corrected chi connectivity index (χ4v) is 3.29. The molecule has 3 N–H and O–H groups in total. The Morgan fingerprint density at radius 1 is 1.13 bits per heavy atom. The van der Waals surface area contributed by atoms with Crippen molar-refractivity contribution in [2.75, 3.05) is 0 Å². The first-order valence-corrected chi connectivity index (χ1v) is 6.57. The van der Waals surface area contributed by atoms with E-state index in [2.05, 4.69) is 19.2 Å². The van der Waals surface area contributed by atoms with Gasteiger partial charge in [-0.25, -0.2) is 0 Å². The molecular weight excluding hydrogens is 184 g/mol. The molecule has 3 atom stereocenters. The molecule has 0 amide bonds. The van der Waals surface area contributed by atoms with Crippen molar-refractivity contribution in [2.24, 2.45) is 11.1 Å². The molecular formula is C13H26N2. The van der Waals surface area contributed by atoms with E-state index in [1.165, 1.54) is 44.9 Å². The third kappa shape index (κ3) is 3.18. The predicted molar refractivity (Wildman–Crippen MR) is 64.8 cm³/mol. The van der Waals surface area contributed by atoms with Gasteiger partial charge in [0.15, 0.2) is 0 Å². The number of nitrogens with two attached hydrogens (primary N) is 1. The second kappa shape index (κ2) is 4.42. The monoisotopic (exact) mass is 210 g/mol. The Hall–Kier alpha value is -0.0800. The summed E-state index contributed by atoms with van der Waals surface area (Å²) in [6.07, 6.45) is 9.16. The van der Waals surface area contributed by atoms with Crippen molar-refractivity contribution >= 4 is 0 Å². The van der Waals surface area contributed by atoms with Crippen LogP contribution in [0.1, 0.15) is 58.8 Å². The molecule has 2 aliphatic carbocycles. The molecule has 15 heavy (non-hydrogen) atoms. The van der Waals surface area contributed by atoms with Crippen molar-refractivity contribution in [2.45, 2.75) is 76.9 Å². The van der Waals surface area contributed by atoms with Crippen LogP contribution in [0.5, 0.6) is 0 Å². The van der Waals surface area contributed by atoms with Crippen molar-refractivity contribution in [3.8, 4) is 0 Å². The number of nitrogens with one attached hydrogen (secondary N) is 1. The van der Waals surface area contributed by atoms with Crippen molar-refractivity contribution in [3.63, 3.8) is 0 Å². The molecule has 2 rings (SSSR count). The Labute approximate surface area is 94.0 Å². The molecule has 0 heterocycles. The van der Waals surface area contributed by atoms with Crippen molar-refractivity contribution < 1.29 is 0 Å². The Bertz CT molecular complexity index is 213. The second-order valence-electron chi connectivity index (χ2n) is 6.39. The first-order valence-electron chi connectivity index (χ1n) is 6.57. The van der Waals surface area contributed by atoms with E-state index in [1.807, 2.05) is 0 Å². The summed E-state index contributed by atoms with van der Waals surface area (Å²) in [5.41, 5.74) is 6.58. The van der Waals surface area contributed by atoms with Crippen LogP contribution in [0.25, 0.3) is 0 Å². The van der Waals surface area contributed by atoms with E-state index in [9.17, 15) is 0 Å². The molecule has 0 aromatic heterocycles. The van der Waals surface area contributed by atoms with Gasteiger partial charge in [0.25, 0.3) is 0 Å². The highest BCUT2D eigenvalue weighted by molar-refractivity contribution is 4.90. The van der Waals surface area contributed by atoms with Gasteiger partial charge >= 0.3 is 0 Å². The summed E-state index contributed by atoms with van der Waals surface area (Å²) < 4.78 is 0. The summed E-state index contributed by atoms with van der Waals surface area (Å²) >= 11 is 0. The molecule has 2 nitrogen and oxygen atoms in total. The van der Waals surface area contributed by atoms with Gasteiger partial charge in [-0.2, -0.15) is 0 Å². The van der Waals surface area contributed by atoms with Crippen LogP contribution >= 0.6 is 0 Å². The molecule has 2 aliphatic rings. The minimum Gasteiger partial charge on any atom is -0.328 e.